The van der Waals surface area contributed by atoms with Crippen LogP contribution in [0.1, 0.15) is 0 Å². The normalized spacial score (nSPS) is 13.5. The molecule has 74 valence electrons. The molecule has 0 aliphatic rings. The van der Waals surface area contributed by atoms with Gasteiger partial charge in [0.15, 0.2) is 10.1 Å². The Kier molecular flexibility index (Phi) is 5.91. The molecule has 2 N–H and O–H groups in total. The zero-order valence-electron chi connectivity index (χ0n) is 6.07. The van der Waals surface area contributed by atoms with Crippen LogP contribution in [0.2, 0.25) is 0 Å². The van der Waals surface area contributed by atoms with Gasteiger partial charge in [0.1, 0.15) is 15.9 Å². The van der Waals surface area contributed by atoms with Gasteiger partial charge in [-0.05, 0) is 0 Å². The van der Waals surface area contributed by atoms with E-state index in [1.165, 1.54) is 0 Å². The van der Waals surface area contributed by atoms with Gasteiger partial charge in [0.2, 0.25) is 0 Å². The Balaban J connectivity index is 0. The summed E-state index contributed by atoms with van der Waals surface area (Å²) in [7, 11) is -10.8. The summed E-state index contributed by atoms with van der Waals surface area (Å²) in [5, 5.41) is 12.5. The van der Waals surface area contributed by atoms with Crippen molar-refractivity contribution in [3.8, 4) is 0 Å². The molecule has 0 aromatic rings. The fraction of sp³-hybridized carbons (Fsp3) is 1.00. The van der Waals surface area contributed by atoms with Crippen molar-refractivity contribution in [3.05, 3.63) is 0 Å². The number of hydrogen-bond acceptors (Lipinski definition) is 8. The second-order valence-electron chi connectivity index (χ2n) is 1.90. The van der Waals surface area contributed by atoms with Crippen molar-refractivity contribution < 1.29 is 36.2 Å². The van der Waals surface area contributed by atoms with Crippen LogP contribution in [0.4, 0.5) is 0 Å². The van der Waals surface area contributed by atoms with Crippen molar-refractivity contribution in [1.29, 1.82) is 0 Å². The Morgan fingerprint density at radius 3 is 1.46 bits per heavy atom. The Bertz CT molecular complexity index is 350. The Morgan fingerprint density at radius 2 is 1.38 bits per heavy atom. The van der Waals surface area contributed by atoms with Gasteiger partial charge in [-0.3, -0.25) is 0 Å². The Hall–Kier alpha value is 1.000. The van der Waals surface area contributed by atoms with E-state index in [2.05, 4.69) is 0 Å². The summed E-state index contributed by atoms with van der Waals surface area (Å²) in [5.41, 5.74) is 0. The number of aliphatic hydroxyl groups is 2. The molecule has 0 amide bonds. The minimum atomic E-state index is -5.65. The van der Waals surface area contributed by atoms with Crippen molar-refractivity contribution >= 4 is 58.0 Å². The predicted octanol–water partition coefficient (Wildman–Crippen LogP) is -3.67. The quantitative estimate of drug-likeness (QED) is 0.299. The average Bonchev–Trinajstić information content (AvgIpc) is 1.52. The number of rotatable bonds is 3. The average molecular weight is 260 g/mol. The molecule has 0 bridgehead atoms. The molecule has 0 aliphatic carbocycles. The summed E-state index contributed by atoms with van der Waals surface area (Å²) in [6.07, 6.45) is 0. The largest absolute Gasteiger partial charge is 2.00 e. The van der Waals surface area contributed by atoms with Crippen LogP contribution in [0.25, 0.3) is 0 Å². The van der Waals surface area contributed by atoms with E-state index in [1.54, 1.807) is 0 Å². The first-order valence-corrected chi connectivity index (χ1v) is 5.28. The van der Waals surface area contributed by atoms with Gasteiger partial charge in [0, 0.05) is 0 Å². The summed E-state index contributed by atoms with van der Waals surface area (Å²) in [5.74, 6) is -2.09. The van der Waals surface area contributed by atoms with Gasteiger partial charge < -0.3 is 19.3 Å². The molecule has 11 heteroatoms. The molecule has 0 fully saturated rings. The molecular weight excluding hydrogens is 256 g/mol. The van der Waals surface area contributed by atoms with E-state index < -0.39 is 31.1 Å². The molecule has 0 aromatic carbocycles. The molecule has 0 aliphatic heterocycles. The first kappa shape index (κ1) is 16.4. The molecule has 0 spiro atoms. The smallest absolute Gasteiger partial charge is 0.748 e. The summed E-state index contributed by atoms with van der Waals surface area (Å²) in [4.78, 5) is 0. The molecule has 0 unspecified atom stereocenters. The van der Waals surface area contributed by atoms with Crippen molar-refractivity contribution in [1.82, 2.24) is 0 Å². The molecular formula is C2H4CaO8S2. The van der Waals surface area contributed by atoms with Gasteiger partial charge in [0.25, 0.3) is 5.12 Å². The maximum absolute atomic E-state index is 9.87. The van der Waals surface area contributed by atoms with E-state index in [1.807, 2.05) is 0 Å². The molecule has 0 radical (unpaired) electrons. The van der Waals surface area contributed by atoms with Gasteiger partial charge in [0.05, 0.1) is 0 Å². The van der Waals surface area contributed by atoms with Crippen molar-refractivity contribution in [3.63, 3.8) is 0 Å². The predicted molar refractivity (Wildman–Crippen MR) is 37.2 cm³/mol. The van der Waals surface area contributed by atoms with Gasteiger partial charge in [-0.25, -0.2) is 16.8 Å². The number of hydrogen-bond donors (Lipinski definition) is 2. The van der Waals surface area contributed by atoms with Crippen LogP contribution < -0.4 is 0 Å². The van der Waals surface area contributed by atoms with Gasteiger partial charge in [-0.1, -0.05) is 0 Å². The van der Waals surface area contributed by atoms with E-state index >= 15 is 0 Å². The van der Waals surface area contributed by atoms with E-state index in [9.17, 15) is 25.9 Å². The van der Waals surface area contributed by atoms with E-state index in [0.29, 0.717) is 0 Å². The van der Waals surface area contributed by atoms with Crippen LogP contribution in [0, 0.1) is 0 Å². The van der Waals surface area contributed by atoms with Crippen LogP contribution in [0.5, 0.6) is 0 Å². The Morgan fingerprint density at radius 1 is 1.08 bits per heavy atom. The molecule has 8 nitrogen and oxygen atoms in total. The zero-order chi connectivity index (χ0) is 10.2. The van der Waals surface area contributed by atoms with Crippen molar-refractivity contribution in [2.75, 3.05) is 5.75 Å². The molecule has 0 rings (SSSR count). The van der Waals surface area contributed by atoms with Crippen LogP contribution in [-0.2, 0) is 20.2 Å². The molecule has 0 saturated heterocycles. The first-order valence-electron chi connectivity index (χ1n) is 2.29. The van der Waals surface area contributed by atoms with E-state index in [0.717, 1.165) is 0 Å². The third kappa shape index (κ3) is 6.14. The van der Waals surface area contributed by atoms with Gasteiger partial charge in [-0.15, -0.1) is 0 Å². The standard InChI is InChI=1S/C2H6O8S2.Ca/c3-2(4,12(8,9)10)1-11(5,6)7;/h3-4H,1H2,(H,5,6,7)(H,8,9,10);/q;+2/p-2. The van der Waals surface area contributed by atoms with Crippen molar-refractivity contribution in [2.24, 2.45) is 0 Å². The minimum Gasteiger partial charge on any atom is -0.748 e. The third-order valence-corrected chi connectivity index (χ3v) is 2.65. The van der Waals surface area contributed by atoms with E-state index in [-0.39, 0.29) is 37.7 Å². The fourth-order valence-electron chi connectivity index (χ4n) is 0.302. The summed E-state index contributed by atoms with van der Waals surface area (Å²) in [6, 6.07) is 0. The second-order valence-corrected chi connectivity index (χ2v) is 4.87. The molecule has 13 heavy (non-hydrogen) atoms. The maximum Gasteiger partial charge on any atom is 2.00 e. The molecule has 0 aromatic heterocycles. The maximum atomic E-state index is 9.87. The summed E-state index contributed by atoms with van der Waals surface area (Å²) in [6.45, 7) is 0. The third-order valence-electron chi connectivity index (χ3n) is 0.765. The van der Waals surface area contributed by atoms with Crippen LogP contribution in [0.15, 0.2) is 0 Å². The summed E-state index contributed by atoms with van der Waals surface area (Å²) >= 11 is 0. The molecule has 0 atom stereocenters. The van der Waals surface area contributed by atoms with Crippen LogP contribution >= 0.6 is 0 Å². The van der Waals surface area contributed by atoms with Gasteiger partial charge in [-0.2, -0.15) is 0 Å². The zero-order valence-corrected chi connectivity index (χ0v) is 9.92. The monoisotopic (exact) mass is 260 g/mol. The summed E-state index contributed by atoms with van der Waals surface area (Å²) < 4.78 is 59.1. The topological polar surface area (TPSA) is 155 Å². The molecule has 0 saturated carbocycles. The Labute approximate surface area is 104 Å². The van der Waals surface area contributed by atoms with Crippen LogP contribution in [-0.4, -0.2) is 84.8 Å². The minimum absolute atomic E-state index is 0. The fourth-order valence-corrected chi connectivity index (χ4v) is 1.77. The van der Waals surface area contributed by atoms with Crippen molar-refractivity contribution in [2.45, 2.75) is 5.12 Å². The molecule has 0 heterocycles. The first-order chi connectivity index (χ1) is 4.96. The van der Waals surface area contributed by atoms with Gasteiger partial charge >= 0.3 is 37.7 Å². The van der Waals surface area contributed by atoms with E-state index in [4.69, 9.17) is 10.2 Å². The van der Waals surface area contributed by atoms with Crippen LogP contribution in [0.3, 0.4) is 0 Å². The SMILES string of the molecule is O=S(=O)([O-])CC(O)(O)S(=O)(=O)[O-].[Ca+2]. The second kappa shape index (κ2) is 4.68.